The molecule has 3 aliphatic heterocycles. The van der Waals surface area contributed by atoms with Crippen LogP contribution in [0, 0.1) is 0 Å². The zero-order valence-electron chi connectivity index (χ0n) is 10.9. The minimum atomic E-state index is 0.514. The molecule has 5 heteroatoms. The summed E-state index contributed by atoms with van der Waals surface area (Å²) in [4.78, 5) is 9.21. The van der Waals surface area contributed by atoms with E-state index in [0.29, 0.717) is 5.92 Å². The predicted octanol–water partition coefficient (Wildman–Crippen LogP) is 3.16. The third-order valence-corrected chi connectivity index (χ3v) is 4.50. The Morgan fingerprint density at radius 1 is 1.26 bits per heavy atom. The van der Waals surface area contributed by atoms with Crippen molar-refractivity contribution < 1.29 is 0 Å². The molecule has 3 aliphatic rings. The van der Waals surface area contributed by atoms with Gasteiger partial charge in [0, 0.05) is 11.1 Å². The minimum absolute atomic E-state index is 0.514. The lowest BCUT2D eigenvalue weighted by Crippen LogP contribution is -2.06. The van der Waals surface area contributed by atoms with Crippen LogP contribution in [-0.4, -0.2) is 25.5 Å². The zero-order valence-corrected chi connectivity index (χ0v) is 11.7. The van der Waals surface area contributed by atoms with Gasteiger partial charge in [-0.2, -0.15) is 5.10 Å². The summed E-state index contributed by atoms with van der Waals surface area (Å²) < 4.78 is 2.00. The van der Waals surface area contributed by atoms with E-state index in [0.717, 1.165) is 39.9 Å². The van der Waals surface area contributed by atoms with E-state index < -0.39 is 0 Å². The van der Waals surface area contributed by atoms with Crippen LogP contribution in [0.5, 0.6) is 0 Å². The molecule has 0 unspecified atom stereocenters. The van der Waals surface area contributed by atoms with Crippen molar-refractivity contribution in [2.24, 2.45) is 0 Å². The van der Waals surface area contributed by atoms with Crippen LogP contribution in [0.1, 0.15) is 25.3 Å². The number of hydrogen-bond donors (Lipinski definition) is 0. The summed E-state index contributed by atoms with van der Waals surface area (Å²) in [7, 11) is 0. The van der Waals surface area contributed by atoms with Crippen molar-refractivity contribution in [1.29, 1.82) is 0 Å². The lowest BCUT2D eigenvalue weighted by Gasteiger charge is -2.06. The van der Waals surface area contributed by atoms with Gasteiger partial charge in [-0.05, 0) is 23.6 Å². The summed E-state index contributed by atoms with van der Waals surface area (Å²) in [5.74, 6) is 2.35. The summed E-state index contributed by atoms with van der Waals surface area (Å²) in [6.07, 6.45) is 0. The van der Waals surface area contributed by atoms with Crippen LogP contribution in [-0.2, 0) is 6.54 Å². The number of benzene rings is 1. The van der Waals surface area contributed by atoms with Gasteiger partial charge >= 0.3 is 0 Å². The second-order valence-corrected chi connectivity index (χ2v) is 6.24. The van der Waals surface area contributed by atoms with Crippen LogP contribution in [0.4, 0.5) is 0 Å². The highest BCUT2D eigenvalue weighted by atomic mass is 32.2. The van der Waals surface area contributed by atoms with Gasteiger partial charge in [0.15, 0.2) is 11.0 Å². The highest BCUT2D eigenvalue weighted by molar-refractivity contribution is 7.99. The molecule has 0 aromatic heterocycles. The van der Waals surface area contributed by atoms with Crippen molar-refractivity contribution in [2.75, 3.05) is 5.75 Å². The van der Waals surface area contributed by atoms with Gasteiger partial charge in [-0.15, -0.1) is 0 Å². The zero-order chi connectivity index (χ0) is 13.0. The molecule has 96 valence electrons. The number of aryl methyl sites for hydroxylation is 1. The maximum absolute atomic E-state index is 4.72. The fourth-order valence-electron chi connectivity index (χ4n) is 2.45. The standard InChI is InChI=1S/C14H14N4S/c1-8(2)9-3-4-11-10(7-9)12-13(15-11)16-14-18(17-12)5-6-19-14/h3-4,7-8H,5-6H2,1-2H3. The van der Waals surface area contributed by atoms with Crippen LogP contribution in [0.25, 0.3) is 22.4 Å². The van der Waals surface area contributed by atoms with E-state index in [9.17, 15) is 0 Å². The Labute approximate surface area is 115 Å². The van der Waals surface area contributed by atoms with Crippen molar-refractivity contribution >= 4 is 22.7 Å². The molecule has 0 spiro atoms. The van der Waals surface area contributed by atoms with Crippen LogP contribution >= 0.6 is 11.8 Å². The maximum atomic E-state index is 4.72. The molecular formula is C14H14N4S. The summed E-state index contributed by atoms with van der Waals surface area (Å²) in [6, 6.07) is 6.43. The lowest BCUT2D eigenvalue weighted by molar-refractivity contribution is 0.578. The van der Waals surface area contributed by atoms with Crippen LogP contribution in [0.2, 0.25) is 0 Å². The summed E-state index contributed by atoms with van der Waals surface area (Å²) >= 11 is 1.75. The average Bonchev–Trinajstić information content (AvgIpc) is 2.98. The Hall–Kier alpha value is -1.62. The van der Waals surface area contributed by atoms with Gasteiger partial charge in [-0.3, -0.25) is 0 Å². The Balaban J connectivity index is 2.02. The smallest absolute Gasteiger partial charge is 0.186 e. The topological polar surface area (TPSA) is 43.6 Å². The fraction of sp³-hybridized carbons (Fsp3) is 0.357. The molecule has 0 saturated heterocycles. The van der Waals surface area contributed by atoms with Crippen LogP contribution < -0.4 is 0 Å². The van der Waals surface area contributed by atoms with Gasteiger partial charge in [0.1, 0.15) is 5.69 Å². The minimum Gasteiger partial charge on any atom is -0.241 e. The van der Waals surface area contributed by atoms with E-state index in [1.54, 1.807) is 11.8 Å². The van der Waals surface area contributed by atoms with Crippen molar-refractivity contribution in [3.63, 3.8) is 0 Å². The highest BCUT2D eigenvalue weighted by Gasteiger charge is 2.21. The SMILES string of the molecule is CC(C)c1ccc2nc3nc4n(nc-3c2c1)CCS4. The van der Waals surface area contributed by atoms with E-state index in [-0.39, 0.29) is 0 Å². The first-order valence-corrected chi connectivity index (χ1v) is 7.52. The molecule has 1 aromatic rings. The number of fused-ring (bicyclic) bond motifs is 4. The Morgan fingerprint density at radius 3 is 3.00 bits per heavy atom. The Kier molecular flexibility index (Phi) is 2.33. The molecular weight excluding hydrogens is 256 g/mol. The highest BCUT2D eigenvalue weighted by Crippen LogP contribution is 2.33. The number of hydrogen-bond acceptors (Lipinski definition) is 4. The van der Waals surface area contributed by atoms with Crippen LogP contribution in [0.15, 0.2) is 23.4 Å². The molecule has 0 aliphatic carbocycles. The number of nitrogens with zero attached hydrogens (tertiary/aromatic N) is 4. The molecule has 4 nitrogen and oxygen atoms in total. The Morgan fingerprint density at radius 2 is 2.16 bits per heavy atom. The first-order chi connectivity index (χ1) is 9.22. The van der Waals surface area contributed by atoms with Crippen molar-refractivity contribution in [3.8, 4) is 11.5 Å². The first-order valence-electron chi connectivity index (χ1n) is 6.53. The van der Waals surface area contributed by atoms with E-state index in [4.69, 9.17) is 5.10 Å². The van der Waals surface area contributed by atoms with Gasteiger partial charge in [0.25, 0.3) is 0 Å². The van der Waals surface area contributed by atoms with Crippen molar-refractivity contribution in [3.05, 3.63) is 23.8 Å². The first kappa shape index (κ1) is 11.2. The largest absolute Gasteiger partial charge is 0.241 e. The van der Waals surface area contributed by atoms with Crippen molar-refractivity contribution in [2.45, 2.75) is 31.5 Å². The monoisotopic (exact) mass is 270 g/mol. The number of rotatable bonds is 1. The fourth-order valence-corrected chi connectivity index (χ4v) is 3.33. The lowest BCUT2D eigenvalue weighted by atomic mass is 10.0. The third kappa shape index (κ3) is 1.64. The number of thioether (sulfide) groups is 1. The molecule has 0 bridgehead atoms. The summed E-state index contributed by atoms with van der Waals surface area (Å²) in [6.45, 7) is 5.35. The Bertz CT molecular complexity index is 747. The molecule has 0 N–H and O–H groups in total. The number of aromatic nitrogens is 4. The molecule has 0 radical (unpaired) electrons. The molecule has 1 aromatic carbocycles. The van der Waals surface area contributed by atoms with E-state index in [2.05, 4.69) is 42.0 Å². The normalized spacial score (nSPS) is 14.7. The predicted molar refractivity (Wildman–Crippen MR) is 76.8 cm³/mol. The van der Waals surface area contributed by atoms with Gasteiger partial charge < -0.3 is 0 Å². The second kappa shape index (κ2) is 3.93. The van der Waals surface area contributed by atoms with Gasteiger partial charge in [-0.25, -0.2) is 14.6 Å². The quantitative estimate of drug-likeness (QED) is 0.681. The molecule has 0 fully saturated rings. The second-order valence-electron chi connectivity index (χ2n) is 5.18. The molecule has 4 rings (SSSR count). The molecule has 19 heavy (non-hydrogen) atoms. The molecule has 0 saturated carbocycles. The van der Waals surface area contributed by atoms with Gasteiger partial charge in [0.2, 0.25) is 0 Å². The van der Waals surface area contributed by atoms with Gasteiger partial charge in [-0.1, -0.05) is 31.7 Å². The third-order valence-electron chi connectivity index (χ3n) is 3.56. The van der Waals surface area contributed by atoms with Gasteiger partial charge in [0.05, 0.1) is 12.1 Å². The summed E-state index contributed by atoms with van der Waals surface area (Å²) in [5.41, 5.74) is 3.25. The molecule has 0 amide bonds. The van der Waals surface area contributed by atoms with E-state index >= 15 is 0 Å². The van der Waals surface area contributed by atoms with E-state index in [1.165, 1.54) is 5.56 Å². The van der Waals surface area contributed by atoms with E-state index in [1.807, 2.05) is 4.68 Å². The molecule has 3 heterocycles. The average molecular weight is 270 g/mol. The maximum Gasteiger partial charge on any atom is 0.186 e. The molecule has 0 atom stereocenters. The van der Waals surface area contributed by atoms with Crippen LogP contribution in [0.3, 0.4) is 0 Å². The van der Waals surface area contributed by atoms with Crippen molar-refractivity contribution in [1.82, 2.24) is 19.7 Å². The summed E-state index contributed by atoms with van der Waals surface area (Å²) in [5, 5.41) is 6.83.